The summed E-state index contributed by atoms with van der Waals surface area (Å²) in [5.74, 6) is -1.54. The van der Waals surface area contributed by atoms with Gasteiger partial charge in [0.25, 0.3) is 0 Å². The van der Waals surface area contributed by atoms with E-state index < -0.39 is 17.7 Å². The molecule has 0 radical (unpaired) electrons. The summed E-state index contributed by atoms with van der Waals surface area (Å²) in [6.45, 7) is 4.22. The van der Waals surface area contributed by atoms with E-state index in [2.05, 4.69) is 0 Å². The van der Waals surface area contributed by atoms with Crippen LogP contribution in [0.1, 0.15) is 28.3 Å². The van der Waals surface area contributed by atoms with Crippen LogP contribution in [0.2, 0.25) is 0 Å². The van der Waals surface area contributed by atoms with Crippen LogP contribution in [0.25, 0.3) is 0 Å². The molecule has 3 aromatic rings. The minimum absolute atomic E-state index is 0. The van der Waals surface area contributed by atoms with E-state index >= 15 is 0 Å². The van der Waals surface area contributed by atoms with Crippen LogP contribution < -0.4 is 10.6 Å². The molecule has 0 aromatic heterocycles. The van der Waals surface area contributed by atoms with Crippen molar-refractivity contribution >= 4 is 24.0 Å². The number of nitrogens with zero attached hydrogens (tertiary/aromatic N) is 1. The maximum absolute atomic E-state index is 13.5. The lowest BCUT2D eigenvalue weighted by molar-refractivity contribution is -0.120. The summed E-state index contributed by atoms with van der Waals surface area (Å²) in [5, 5.41) is 0. The Kier molecular flexibility index (Phi) is 8.09. The molecule has 3 aromatic carbocycles. The molecule has 3 nitrogen and oxygen atoms in total. The van der Waals surface area contributed by atoms with Gasteiger partial charge in [0.05, 0.1) is 0 Å². The fourth-order valence-corrected chi connectivity index (χ4v) is 3.23. The highest BCUT2D eigenvalue weighted by atomic mass is 35.5. The van der Waals surface area contributed by atoms with Crippen molar-refractivity contribution in [3.8, 4) is 0 Å². The van der Waals surface area contributed by atoms with Crippen molar-refractivity contribution in [2.75, 3.05) is 11.4 Å². The number of aryl methyl sites for hydroxylation is 2. The Morgan fingerprint density at radius 2 is 1.57 bits per heavy atom. The number of nitrogens with two attached hydrogens (primary N) is 1. The van der Waals surface area contributed by atoms with Gasteiger partial charge in [0.1, 0.15) is 17.7 Å². The third kappa shape index (κ3) is 5.65. The number of rotatable bonds is 6. The Hall–Kier alpha value is -2.76. The average molecular weight is 431 g/mol. The number of carbonyl (C=O) groups is 1. The summed E-state index contributed by atoms with van der Waals surface area (Å²) in [7, 11) is 0. The molecule has 0 aliphatic carbocycles. The molecule has 0 heterocycles. The van der Waals surface area contributed by atoms with Crippen LogP contribution in [0, 0.1) is 25.5 Å². The second-order valence-electron chi connectivity index (χ2n) is 7.17. The Morgan fingerprint density at radius 3 is 2.17 bits per heavy atom. The molecule has 2 N–H and O–H groups in total. The van der Waals surface area contributed by atoms with Gasteiger partial charge in [0.15, 0.2) is 0 Å². The summed E-state index contributed by atoms with van der Waals surface area (Å²) >= 11 is 0. The number of amides is 1. The lowest BCUT2D eigenvalue weighted by Crippen LogP contribution is -2.40. The first-order chi connectivity index (χ1) is 13.8. The van der Waals surface area contributed by atoms with E-state index in [1.54, 1.807) is 4.90 Å². The summed E-state index contributed by atoms with van der Waals surface area (Å²) in [6.07, 6.45) is 0.300. The highest BCUT2D eigenvalue weighted by molar-refractivity contribution is 5.97. The first-order valence-electron chi connectivity index (χ1n) is 9.49. The van der Waals surface area contributed by atoms with Gasteiger partial charge in [-0.15, -0.1) is 12.4 Å². The Morgan fingerprint density at radius 1 is 0.933 bits per heavy atom. The van der Waals surface area contributed by atoms with E-state index in [0.717, 1.165) is 17.2 Å². The molecule has 0 aliphatic rings. The molecule has 0 aliphatic heterocycles. The summed E-state index contributed by atoms with van der Waals surface area (Å²) < 4.78 is 27.1. The molecule has 0 bridgehead atoms. The minimum Gasteiger partial charge on any atom is -0.316 e. The van der Waals surface area contributed by atoms with E-state index in [9.17, 15) is 13.6 Å². The van der Waals surface area contributed by atoms with Crippen LogP contribution in [0.15, 0.2) is 66.7 Å². The molecule has 0 fully saturated rings. The van der Waals surface area contributed by atoms with Crippen LogP contribution in [0.4, 0.5) is 14.5 Å². The zero-order valence-electron chi connectivity index (χ0n) is 16.9. The monoisotopic (exact) mass is 430 g/mol. The van der Waals surface area contributed by atoms with Crippen molar-refractivity contribution in [2.45, 2.75) is 26.3 Å². The van der Waals surface area contributed by atoms with E-state index in [1.165, 1.54) is 12.1 Å². The number of carbonyl (C=O) groups excluding carboxylic acids is 1. The average Bonchev–Trinajstić information content (AvgIpc) is 2.70. The Labute approximate surface area is 181 Å². The van der Waals surface area contributed by atoms with E-state index in [4.69, 9.17) is 5.73 Å². The van der Waals surface area contributed by atoms with E-state index in [-0.39, 0.29) is 24.9 Å². The quantitative estimate of drug-likeness (QED) is 0.578. The Bertz CT molecular complexity index is 991. The molecule has 158 valence electrons. The van der Waals surface area contributed by atoms with Crippen molar-refractivity contribution < 1.29 is 13.6 Å². The van der Waals surface area contributed by atoms with Gasteiger partial charge in [-0.25, -0.2) is 8.78 Å². The summed E-state index contributed by atoms with van der Waals surface area (Å²) in [5.41, 5.74) is 10.3. The van der Waals surface area contributed by atoms with E-state index in [0.29, 0.717) is 23.2 Å². The van der Waals surface area contributed by atoms with Gasteiger partial charge < -0.3 is 10.6 Å². The maximum Gasteiger partial charge on any atom is 0.248 e. The van der Waals surface area contributed by atoms with Crippen molar-refractivity contribution in [3.05, 3.63) is 101 Å². The predicted molar refractivity (Wildman–Crippen MR) is 119 cm³/mol. The molecular weight excluding hydrogens is 406 g/mol. The number of hydrogen-bond acceptors (Lipinski definition) is 2. The van der Waals surface area contributed by atoms with Crippen molar-refractivity contribution in [1.29, 1.82) is 0 Å². The molecule has 0 unspecified atom stereocenters. The van der Waals surface area contributed by atoms with Gasteiger partial charge in [-0.3, -0.25) is 4.79 Å². The van der Waals surface area contributed by atoms with Gasteiger partial charge in [-0.1, -0.05) is 36.4 Å². The molecule has 0 spiro atoms. The van der Waals surface area contributed by atoms with E-state index in [1.807, 2.05) is 62.4 Å². The van der Waals surface area contributed by atoms with Crippen LogP contribution in [-0.4, -0.2) is 12.5 Å². The second-order valence-corrected chi connectivity index (χ2v) is 7.17. The fourth-order valence-electron chi connectivity index (χ4n) is 3.23. The van der Waals surface area contributed by atoms with Gasteiger partial charge in [-0.05, 0) is 66.8 Å². The highest BCUT2D eigenvalue weighted by Crippen LogP contribution is 2.23. The third-order valence-electron chi connectivity index (χ3n) is 5.04. The normalized spacial score (nSPS) is 11.5. The van der Waals surface area contributed by atoms with Gasteiger partial charge >= 0.3 is 0 Å². The number of hydrogen-bond donors (Lipinski definition) is 1. The molecule has 1 atom stereocenters. The smallest absolute Gasteiger partial charge is 0.248 e. The first kappa shape index (κ1) is 23.5. The molecule has 6 heteroatoms. The van der Waals surface area contributed by atoms with Crippen LogP contribution in [0.5, 0.6) is 0 Å². The highest BCUT2D eigenvalue weighted by Gasteiger charge is 2.24. The van der Waals surface area contributed by atoms with Crippen LogP contribution in [0.3, 0.4) is 0 Å². The standard InChI is InChI=1S/C24H24F2N2O.ClH/c1-16-8-9-22(12-17(16)2)28(11-10-18-13-20(25)15-21(26)14-18)24(29)23(27)19-6-4-3-5-7-19;/h3-9,12-15,23H,10-11,27H2,1-2H3;1H/t23-;/m0./s1. The van der Waals surface area contributed by atoms with Crippen molar-refractivity contribution in [2.24, 2.45) is 5.73 Å². The fraction of sp³-hybridized carbons (Fsp3) is 0.208. The first-order valence-corrected chi connectivity index (χ1v) is 9.49. The van der Waals surface area contributed by atoms with Crippen molar-refractivity contribution in [3.63, 3.8) is 0 Å². The molecule has 0 saturated heterocycles. The summed E-state index contributed by atoms with van der Waals surface area (Å²) in [4.78, 5) is 14.8. The molecule has 0 saturated carbocycles. The van der Waals surface area contributed by atoms with Gasteiger partial charge in [0, 0.05) is 18.3 Å². The predicted octanol–water partition coefficient (Wildman–Crippen LogP) is 5.28. The second kappa shape index (κ2) is 10.3. The SMILES string of the molecule is Cc1ccc(N(CCc2cc(F)cc(F)c2)C(=O)[C@@H](N)c2ccccc2)cc1C.Cl. The third-order valence-corrected chi connectivity index (χ3v) is 5.04. The maximum atomic E-state index is 13.5. The Balaban J connectivity index is 0.00000320. The summed E-state index contributed by atoms with van der Waals surface area (Å²) in [6, 6.07) is 17.4. The van der Waals surface area contributed by atoms with Gasteiger partial charge in [0.2, 0.25) is 5.91 Å². The molecular formula is C24H25ClF2N2O. The zero-order chi connectivity index (χ0) is 21.0. The lowest BCUT2D eigenvalue weighted by Gasteiger charge is -2.27. The van der Waals surface area contributed by atoms with Crippen LogP contribution >= 0.6 is 12.4 Å². The van der Waals surface area contributed by atoms with Gasteiger partial charge in [-0.2, -0.15) is 0 Å². The topological polar surface area (TPSA) is 46.3 Å². The minimum atomic E-state index is -0.831. The van der Waals surface area contributed by atoms with Crippen molar-refractivity contribution in [1.82, 2.24) is 0 Å². The zero-order valence-corrected chi connectivity index (χ0v) is 17.8. The lowest BCUT2D eigenvalue weighted by atomic mass is 10.0. The number of anilines is 1. The number of halogens is 3. The largest absolute Gasteiger partial charge is 0.316 e. The molecule has 1 amide bonds. The molecule has 3 rings (SSSR count). The number of benzene rings is 3. The molecule has 30 heavy (non-hydrogen) atoms. The van der Waals surface area contributed by atoms with Crippen LogP contribution in [-0.2, 0) is 11.2 Å².